The number of aryl methyl sites for hydroxylation is 1. The summed E-state index contributed by atoms with van der Waals surface area (Å²) in [6, 6.07) is 9.96. The molecule has 0 aliphatic carbocycles. The van der Waals surface area contributed by atoms with Gasteiger partial charge in [0.05, 0.1) is 11.9 Å². The summed E-state index contributed by atoms with van der Waals surface area (Å²) >= 11 is 0. The van der Waals surface area contributed by atoms with E-state index in [1.165, 1.54) is 0 Å². The van der Waals surface area contributed by atoms with Crippen molar-refractivity contribution < 1.29 is 5.11 Å². The molecule has 1 heterocycles. The van der Waals surface area contributed by atoms with Gasteiger partial charge in [-0.15, -0.1) is 5.10 Å². The zero-order chi connectivity index (χ0) is 13.0. The Labute approximate surface area is 107 Å². The van der Waals surface area contributed by atoms with Crippen LogP contribution in [0.1, 0.15) is 31.5 Å². The monoisotopic (exact) mass is 245 g/mol. The van der Waals surface area contributed by atoms with Crippen LogP contribution < -0.4 is 0 Å². The van der Waals surface area contributed by atoms with Crippen molar-refractivity contribution >= 4 is 0 Å². The summed E-state index contributed by atoms with van der Waals surface area (Å²) in [4.78, 5) is 0. The Morgan fingerprint density at radius 1 is 1.28 bits per heavy atom. The van der Waals surface area contributed by atoms with Crippen LogP contribution in [-0.2, 0) is 18.6 Å². The number of nitrogens with zero attached hydrogens (tertiary/aromatic N) is 3. The maximum Gasteiger partial charge on any atom is 0.109 e. The fourth-order valence-electron chi connectivity index (χ4n) is 2.14. The maximum atomic E-state index is 10.6. The summed E-state index contributed by atoms with van der Waals surface area (Å²) in [7, 11) is 0. The molecule has 1 N–H and O–H groups in total. The van der Waals surface area contributed by atoms with Gasteiger partial charge in [-0.25, -0.2) is 4.68 Å². The summed E-state index contributed by atoms with van der Waals surface area (Å²) in [5, 5.41) is 18.6. The summed E-state index contributed by atoms with van der Waals surface area (Å²) in [5.74, 6) is 0. The van der Waals surface area contributed by atoms with E-state index in [0.717, 1.165) is 24.2 Å². The van der Waals surface area contributed by atoms with Gasteiger partial charge in [-0.3, -0.25) is 0 Å². The molecule has 1 unspecified atom stereocenters. The Hall–Kier alpha value is -1.68. The minimum atomic E-state index is -0.944. The standard InChI is InChI=1S/C14H19N3O/c1-3-9-17-13(11-15-16-17)14(2,18)10-12-7-5-4-6-8-12/h4-8,11,18H,3,9-10H2,1-2H3. The van der Waals surface area contributed by atoms with Crippen LogP contribution in [0.3, 0.4) is 0 Å². The van der Waals surface area contributed by atoms with E-state index >= 15 is 0 Å². The molecular formula is C14H19N3O. The predicted octanol–water partition coefficient (Wildman–Crippen LogP) is 2.14. The van der Waals surface area contributed by atoms with E-state index in [4.69, 9.17) is 0 Å². The Bertz CT molecular complexity index is 491. The Kier molecular flexibility index (Phi) is 3.77. The van der Waals surface area contributed by atoms with Crippen molar-refractivity contribution in [1.82, 2.24) is 15.0 Å². The molecule has 2 aromatic rings. The van der Waals surface area contributed by atoms with Crippen LogP contribution >= 0.6 is 0 Å². The lowest BCUT2D eigenvalue weighted by Gasteiger charge is -2.23. The van der Waals surface area contributed by atoms with E-state index in [2.05, 4.69) is 17.2 Å². The highest BCUT2D eigenvalue weighted by Crippen LogP contribution is 2.24. The highest BCUT2D eigenvalue weighted by atomic mass is 16.3. The highest BCUT2D eigenvalue weighted by Gasteiger charge is 2.28. The Morgan fingerprint density at radius 3 is 2.67 bits per heavy atom. The van der Waals surface area contributed by atoms with Gasteiger partial charge in [-0.2, -0.15) is 0 Å². The molecule has 0 saturated carbocycles. The fraction of sp³-hybridized carbons (Fsp3) is 0.429. The van der Waals surface area contributed by atoms with Crippen LogP contribution in [0.2, 0.25) is 0 Å². The zero-order valence-electron chi connectivity index (χ0n) is 10.9. The maximum absolute atomic E-state index is 10.6. The fourth-order valence-corrected chi connectivity index (χ4v) is 2.14. The topological polar surface area (TPSA) is 50.9 Å². The number of rotatable bonds is 5. The first-order valence-corrected chi connectivity index (χ1v) is 6.29. The van der Waals surface area contributed by atoms with E-state index in [9.17, 15) is 5.11 Å². The van der Waals surface area contributed by atoms with Crippen molar-refractivity contribution in [2.24, 2.45) is 0 Å². The third kappa shape index (κ3) is 2.76. The molecular weight excluding hydrogens is 226 g/mol. The summed E-state index contributed by atoms with van der Waals surface area (Å²) in [6.45, 7) is 4.67. The minimum absolute atomic E-state index is 0.560. The lowest BCUT2D eigenvalue weighted by Crippen LogP contribution is -2.28. The molecule has 0 aliphatic rings. The van der Waals surface area contributed by atoms with Crippen molar-refractivity contribution in [2.75, 3.05) is 0 Å². The van der Waals surface area contributed by atoms with E-state index in [0.29, 0.717) is 6.42 Å². The van der Waals surface area contributed by atoms with Crippen molar-refractivity contribution in [3.63, 3.8) is 0 Å². The van der Waals surface area contributed by atoms with Crippen LogP contribution in [0.25, 0.3) is 0 Å². The lowest BCUT2D eigenvalue weighted by atomic mass is 9.93. The first-order valence-electron chi connectivity index (χ1n) is 6.29. The van der Waals surface area contributed by atoms with Crippen LogP contribution in [0.15, 0.2) is 36.5 Å². The van der Waals surface area contributed by atoms with Crippen LogP contribution in [-0.4, -0.2) is 20.1 Å². The van der Waals surface area contributed by atoms with Gasteiger partial charge in [0.2, 0.25) is 0 Å². The molecule has 2 rings (SSSR count). The number of aromatic nitrogens is 3. The molecule has 1 aromatic carbocycles. The van der Waals surface area contributed by atoms with Gasteiger partial charge in [-0.1, -0.05) is 42.5 Å². The average molecular weight is 245 g/mol. The molecule has 0 amide bonds. The van der Waals surface area contributed by atoms with Gasteiger partial charge >= 0.3 is 0 Å². The molecule has 1 aromatic heterocycles. The molecule has 0 bridgehead atoms. The quantitative estimate of drug-likeness (QED) is 0.878. The molecule has 0 spiro atoms. The SMILES string of the molecule is CCCn1nncc1C(C)(O)Cc1ccccc1. The molecule has 18 heavy (non-hydrogen) atoms. The van der Waals surface area contributed by atoms with E-state index < -0.39 is 5.60 Å². The van der Waals surface area contributed by atoms with Gasteiger partial charge in [-0.05, 0) is 18.9 Å². The molecule has 0 radical (unpaired) electrons. The van der Waals surface area contributed by atoms with Crippen molar-refractivity contribution in [3.8, 4) is 0 Å². The lowest BCUT2D eigenvalue weighted by molar-refractivity contribution is 0.0477. The third-order valence-corrected chi connectivity index (χ3v) is 3.00. The smallest absolute Gasteiger partial charge is 0.109 e. The van der Waals surface area contributed by atoms with Crippen LogP contribution in [0, 0.1) is 0 Å². The number of hydrogen-bond donors (Lipinski definition) is 1. The zero-order valence-corrected chi connectivity index (χ0v) is 10.9. The van der Waals surface area contributed by atoms with Crippen LogP contribution in [0.5, 0.6) is 0 Å². The second kappa shape index (κ2) is 5.31. The summed E-state index contributed by atoms with van der Waals surface area (Å²) < 4.78 is 1.78. The van der Waals surface area contributed by atoms with Gasteiger partial charge < -0.3 is 5.11 Å². The second-order valence-electron chi connectivity index (χ2n) is 4.78. The largest absolute Gasteiger partial charge is 0.383 e. The van der Waals surface area contributed by atoms with E-state index in [-0.39, 0.29) is 0 Å². The predicted molar refractivity (Wildman–Crippen MR) is 70.0 cm³/mol. The van der Waals surface area contributed by atoms with Crippen molar-refractivity contribution in [2.45, 2.75) is 38.8 Å². The number of hydrogen-bond acceptors (Lipinski definition) is 3. The first-order chi connectivity index (χ1) is 8.63. The van der Waals surface area contributed by atoms with Gasteiger partial charge in [0, 0.05) is 13.0 Å². The normalized spacial score (nSPS) is 14.4. The van der Waals surface area contributed by atoms with Crippen molar-refractivity contribution in [3.05, 3.63) is 47.8 Å². The third-order valence-electron chi connectivity index (χ3n) is 3.00. The molecule has 0 fully saturated rings. The second-order valence-corrected chi connectivity index (χ2v) is 4.78. The van der Waals surface area contributed by atoms with Gasteiger partial charge in [0.15, 0.2) is 0 Å². The van der Waals surface area contributed by atoms with Crippen molar-refractivity contribution in [1.29, 1.82) is 0 Å². The highest BCUT2D eigenvalue weighted by molar-refractivity contribution is 5.20. The molecule has 96 valence electrons. The minimum Gasteiger partial charge on any atom is -0.383 e. The average Bonchev–Trinajstić information content (AvgIpc) is 2.79. The molecule has 0 aliphatic heterocycles. The first kappa shape index (κ1) is 12.8. The molecule has 0 saturated heterocycles. The molecule has 1 atom stereocenters. The van der Waals surface area contributed by atoms with E-state index in [1.54, 1.807) is 10.9 Å². The summed E-state index contributed by atoms with van der Waals surface area (Å²) in [6.07, 6.45) is 3.18. The summed E-state index contributed by atoms with van der Waals surface area (Å²) in [5.41, 5.74) is 0.931. The van der Waals surface area contributed by atoms with Crippen LogP contribution in [0.4, 0.5) is 0 Å². The van der Waals surface area contributed by atoms with Gasteiger partial charge in [0.25, 0.3) is 0 Å². The molecule has 4 nitrogen and oxygen atoms in total. The van der Waals surface area contributed by atoms with E-state index in [1.807, 2.05) is 37.3 Å². The Balaban J connectivity index is 2.22. The number of benzene rings is 1. The molecule has 4 heteroatoms. The van der Waals surface area contributed by atoms with Gasteiger partial charge in [0.1, 0.15) is 5.60 Å². The number of aliphatic hydroxyl groups is 1. The Morgan fingerprint density at radius 2 is 2.00 bits per heavy atom.